The van der Waals surface area contributed by atoms with Crippen LogP contribution in [-0.2, 0) is 11.3 Å². The van der Waals surface area contributed by atoms with Gasteiger partial charge in [0, 0.05) is 12.6 Å². The monoisotopic (exact) mass is 294 g/mol. The minimum absolute atomic E-state index is 0.0504. The van der Waals surface area contributed by atoms with Crippen molar-refractivity contribution in [2.24, 2.45) is 5.73 Å². The fourth-order valence-corrected chi connectivity index (χ4v) is 1.94. The second-order valence-corrected chi connectivity index (χ2v) is 5.13. The summed E-state index contributed by atoms with van der Waals surface area (Å²) in [6.07, 6.45) is 4.52. The van der Waals surface area contributed by atoms with Crippen molar-refractivity contribution in [2.75, 3.05) is 13.2 Å². The average Bonchev–Trinajstić information content (AvgIpc) is 2.52. The van der Waals surface area contributed by atoms with E-state index in [1.807, 2.05) is 30.3 Å². The molecule has 0 fully saturated rings. The van der Waals surface area contributed by atoms with E-state index in [1.165, 1.54) is 0 Å². The highest BCUT2D eigenvalue weighted by Crippen LogP contribution is 2.04. The first-order valence-electron chi connectivity index (χ1n) is 7.53. The molecule has 0 aliphatic heterocycles. The Balaban J connectivity index is 1.94. The van der Waals surface area contributed by atoms with Crippen LogP contribution in [0.3, 0.4) is 0 Å². The van der Waals surface area contributed by atoms with E-state index in [9.17, 15) is 4.79 Å². The van der Waals surface area contributed by atoms with Gasteiger partial charge in [-0.1, -0.05) is 49.6 Å². The van der Waals surface area contributed by atoms with Gasteiger partial charge >= 0.3 is 6.09 Å². The molecule has 0 bridgehead atoms. The Kier molecular flexibility index (Phi) is 9.24. The van der Waals surface area contributed by atoms with Gasteiger partial charge in [0.1, 0.15) is 6.61 Å². The van der Waals surface area contributed by atoms with E-state index < -0.39 is 0 Å². The molecule has 5 nitrogen and oxygen atoms in total. The molecular formula is C16H26N2O3. The molecule has 0 aromatic heterocycles. The van der Waals surface area contributed by atoms with Crippen LogP contribution in [0.2, 0.25) is 0 Å². The second-order valence-electron chi connectivity index (χ2n) is 5.13. The number of aliphatic hydroxyl groups is 1. The molecule has 1 atom stereocenters. The standard InChI is InChI=1S/C16H26N2O3/c17-15(12-19)10-6-1-2-7-11-18-16(20)21-13-14-8-4-3-5-9-14/h3-5,8-9,15,19H,1-2,6-7,10-13,17H2,(H,18,20). The van der Waals surface area contributed by atoms with Gasteiger partial charge < -0.3 is 20.9 Å². The summed E-state index contributed by atoms with van der Waals surface area (Å²) < 4.78 is 5.11. The van der Waals surface area contributed by atoms with Crippen LogP contribution >= 0.6 is 0 Å². The predicted molar refractivity (Wildman–Crippen MR) is 82.8 cm³/mol. The Bertz CT molecular complexity index is 384. The van der Waals surface area contributed by atoms with Crippen LogP contribution in [-0.4, -0.2) is 30.4 Å². The highest BCUT2D eigenvalue weighted by Gasteiger charge is 2.02. The van der Waals surface area contributed by atoms with E-state index in [4.69, 9.17) is 15.6 Å². The lowest BCUT2D eigenvalue weighted by Gasteiger charge is -2.08. The molecule has 0 saturated heterocycles. The number of alkyl carbamates (subject to hydrolysis) is 1. The number of aliphatic hydroxyl groups excluding tert-OH is 1. The lowest BCUT2D eigenvalue weighted by Crippen LogP contribution is -2.25. The van der Waals surface area contributed by atoms with Crippen LogP contribution in [0.4, 0.5) is 4.79 Å². The van der Waals surface area contributed by atoms with Crippen molar-refractivity contribution in [3.63, 3.8) is 0 Å². The number of unbranched alkanes of at least 4 members (excludes halogenated alkanes) is 3. The van der Waals surface area contributed by atoms with E-state index in [2.05, 4.69) is 5.32 Å². The highest BCUT2D eigenvalue weighted by molar-refractivity contribution is 5.67. The molecule has 0 spiro atoms. The molecule has 0 aliphatic rings. The Hall–Kier alpha value is -1.59. The zero-order chi connectivity index (χ0) is 15.3. The highest BCUT2D eigenvalue weighted by atomic mass is 16.5. The van der Waals surface area contributed by atoms with Crippen molar-refractivity contribution in [2.45, 2.75) is 44.8 Å². The summed E-state index contributed by atoms with van der Waals surface area (Å²) in [6.45, 7) is 0.972. The maximum atomic E-state index is 11.5. The Morgan fingerprint density at radius 2 is 1.90 bits per heavy atom. The molecule has 21 heavy (non-hydrogen) atoms. The zero-order valence-electron chi connectivity index (χ0n) is 12.5. The Labute approximate surface area is 126 Å². The maximum absolute atomic E-state index is 11.5. The number of nitrogens with two attached hydrogens (primary N) is 1. The van der Waals surface area contributed by atoms with Gasteiger partial charge in [0.25, 0.3) is 0 Å². The molecular weight excluding hydrogens is 268 g/mol. The second kappa shape index (κ2) is 11.1. The summed E-state index contributed by atoms with van der Waals surface area (Å²) in [5, 5.41) is 11.5. The first-order chi connectivity index (χ1) is 10.2. The van der Waals surface area contributed by atoms with Crippen LogP contribution in [0.15, 0.2) is 30.3 Å². The SMILES string of the molecule is NC(CO)CCCCCCNC(=O)OCc1ccccc1. The fraction of sp³-hybridized carbons (Fsp3) is 0.562. The molecule has 0 saturated carbocycles. The summed E-state index contributed by atoms with van der Waals surface area (Å²) in [7, 11) is 0. The smallest absolute Gasteiger partial charge is 0.407 e. The third-order valence-corrected chi connectivity index (χ3v) is 3.22. The summed E-state index contributed by atoms with van der Waals surface area (Å²) in [6, 6.07) is 9.50. The number of carbonyl (C=O) groups is 1. The lowest BCUT2D eigenvalue weighted by molar-refractivity contribution is 0.139. The van der Waals surface area contributed by atoms with Crippen LogP contribution in [0.5, 0.6) is 0 Å². The van der Waals surface area contributed by atoms with Crippen LogP contribution in [0.1, 0.15) is 37.7 Å². The maximum Gasteiger partial charge on any atom is 0.407 e. The Morgan fingerprint density at radius 3 is 2.62 bits per heavy atom. The van der Waals surface area contributed by atoms with Crippen molar-refractivity contribution in [1.29, 1.82) is 0 Å². The molecule has 0 radical (unpaired) electrons. The lowest BCUT2D eigenvalue weighted by atomic mass is 10.1. The summed E-state index contributed by atoms with van der Waals surface area (Å²) in [4.78, 5) is 11.5. The zero-order valence-corrected chi connectivity index (χ0v) is 12.5. The molecule has 1 aromatic rings. The van der Waals surface area contributed by atoms with Gasteiger partial charge in [0.05, 0.1) is 6.61 Å². The number of hydrogen-bond donors (Lipinski definition) is 3. The van der Waals surface area contributed by atoms with Crippen molar-refractivity contribution in [3.8, 4) is 0 Å². The van der Waals surface area contributed by atoms with E-state index in [0.717, 1.165) is 37.7 Å². The molecule has 1 aromatic carbocycles. The van der Waals surface area contributed by atoms with E-state index in [-0.39, 0.29) is 18.7 Å². The number of amides is 1. The van der Waals surface area contributed by atoms with Gasteiger partial charge in [-0.2, -0.15) is 0 Å². The predicted octanol–water partition coefficient (Wildman–Crippen LogP) is 2.18. The first-order valence-corrected chi connectivity index (χ1v) is 7.53. The number of rotatable bonds is 10. The normalized spacial score (nSPS) is 11.9. The molecule has 1 amide bonds. The summed E-state index contributed by atoms with van der Waals surface area (Å²) in [5.41, 5.74) is 6.59. The summed E-state index contributed by atoms with van der Waals surface area (Å²) >= 11 is 0. The molecule has 5 heteroatoms. The molecule has 0 aliphatic carbocycles. The average molecular weight is 294 g/mol. The van der Waals surface area contributed by atoms with Gasteiger partial charge in [0.2, 0.25) is 0 Å². The van der Waals surface area contributed by atoms with E-state index >= 15 is 0 Å². The largest absolute Gasteiger partial charge is 0.445 e. The van der Waals surface area contributed by atoms with Crippen molar-refractivity contribution in [3.05, 3.63) is 35.9 Å². The van der Waals surface area contributed by atoms with Gasteiger partial charge in [-0.25, -0.2) is 4.79 Å². The quantitative estimate of drug-likeness (QED) is 0.577. The molecule has 1 rings (SSSR count). The number of carbonyl (C=O) groups excluding carboxylic acids is 1. The van der Waals surface area contributed by atoms with Crippen LogP contribution in [0.25, 0.3) is 0 Å². The summed E-state index contributed by atoms with van der Waals surface area (Å²) in [5.74, 6) is 0. The third-order valence-electron chi connectivity index (χ3n) is 3.22. The van der Waals surface area contributed by atoms with Crippen LogP contribution in [0, 0.1) is 0 Å². The van der Waals surface area contributed by atoms with Gasteiger partial charge in [-0.15, -0.1) is 0 Å². The van der Waals surface area contributed by atoms with Crippen molar-refractivity contribution < 1.29 is 14.6 Å². The number of hydrogen-bond acceptors (Lipinski definition) is 4. The number of ether oxygens (including phenoxy) is 1. The number of benzene rings is 1. The third kappa shape index (κ3) is 9.05. The molecule has 1 unspecified atom stereocenters. The van der Waals surface area contributed by atoms with Gasteiger partial charge in [-0.05, 0) is 18.4 Å². The van der Waals surface area contributed by atoms with Crippen molar-refractivity contribution >= 4 is 6.09 Å². The number of nitrogens with one attached hydrogen (secondary N) is 1. The fourth-order valence-electron chi connectivity index (χ4n) is 1.94. The minimum Gasteiger partial charge on any atom is -0.445 e. The Morgan fingerprint density at radius 1 is 1.19 bits per heavy atom. The van der Waals surface area contributed by atoms with Gasteiger partial charge in [-0.3, -0.25) is 0 Å². The van der Waals surface area contributed by atoms with E-state index in [1.54, 1.807) is 0 Å². The van der Waals surface area contributed by atoms with Crippen molar-refractivity contribution in [1.82, 2.24) is 5.32 Å². The van der Waals surface area contributed by atoms with Crippen LogP contribution < -0.4 is 11.1 Å². The molecule has 118 valence electrons. The molecule has 4 N–H and O–H groups in total. The minimum atomic E-state index is -0.374. The first kappa shape index (κ1) is 17.5. The molecule has 0 heterocycles. The van der Waals surface area contributed by atoms with E-state index in [0.29, 0.717) is 13.2 Å². The topological polar surface area (TPSA) is 84.6 Å². The van der Waals surface area contributed by atoms with Gasteiger partial charge in [0.15, 0.2) is 0 Å².